The first-order valence-corrected chi connectivity index (χ1v) is 7.24. The van der Waals surface area contributed by atoms with Crippen molar-refractivity contribution >= 4 is 22.8 Å². The number of carbonyl (C=O) groups is 1. The highest BCUT2D eigenvalue weighted by atomic mass is 16.2. The molecule has 2 N–H and O–H groups in total. The third-order valence-corrected chi connectivity index (χ3v) is 3.74. The number of likely N-dealkylation sites (tertiary alicyclic amines) is 1. The number of amides is 1. The van der Waals surface area contributed by atoms with Crippen LogP contribution in [-0.2, 0) is 4.79 Å². The van der Waals surface area contributed by atoms with E-state index in [1.165, 1.54) is 0 Å². The second-order valence-electron chi connectivity index (χ2n) is 5.23. The zero-order valence-electron chi connectivity index (χ0n) is 12.0. The summed E-state index contributed by atoms with van der Waals surface area (Å²) in [4.78, 5) is 25.4. The number of anilines is 1. The maximum absolute atomic E-state index is 11.9. The summed E-state index contributed by atoms with van der Waals surface area (Å²) in [7, 11) is 0. The van der Waals surface area contributed by atoms with Gasteiger partial charge in [0.1, 0.15) is 17.8 Å². The fourth-order valence-electron chi connectivity index (χ4n) is 2.72. The minimum absolute atomic E-state index is 0.0819. The highest BCUT2D eigenvalue weighted by Gasteiger charge is 2.23. The van der Waals surface area contributed by atoms with Gasteiger partial charge in [0, 0.05) is 25.3 Å². The molecular weight excluding hydrogens is 266 g/mol. The van der Waals surface area contributed by atoms with E-state index < -0.39 is 0 Å². The van der Waals surface area contributed by atoms with Gasteiger partial charge < -0.3 is 15.2 Å². The summed E-state index contributed by atoms with van der Waals surface area (Å²) in [6.07, 6.45) is 8.85. The van der Waals surface area contributed by atoms with E-state index in [2.05, 4.69) is 20.3 Å². The van der Waals surface area contributed by atoms with Gasteiger partial charge >= 0.3 is 0 Å². The molecule has 6 nitrogen and oxygen atoms in total. The number of fused-ring (bicyclic) bond motifs is 1. The number of aromatic amines is 1. The van der Waals surface area contributed by atoms with E-state index in [1.807, 2.05) is 24.1 Å². The number of H-pyrrole nitrogens is 1. The van der Waals surface area contributed by atoms with Crippen molar-refractivity contribution in [3.05, 3.63) is 30.7 Å². The van der Waals surface area contributed by atoms with Crippen LogP contribution in [0, 0.1) is 0 Å². The minimum Gasteiger partial charge on any atom is -0.365 e. The monoisotopic (exact) mass is 285 g/mol. The normalized spacial score (nSPS) is 19.3. The van der Waals surface area contributed by atoms with Gasteiger partial charge in [0.2, 0.25) is 5.91 Å². The maximum Gasteiger partial charge on any atom is 0.246 e. The number of hydrogen-bond donors (Lipinski definition) is 2. The fraction of sp³-hybridized carbons (Fsp3) is 0.400. The molecule has 0 aromatic carbocycles. The highest BCUT2D eigenvalue weighted by Crippen LogP contribution is 2.21. The molecule has 0 bridgehead atoms. The van der Waals surface area contributed by atoms with Crippen molar-refractivity contribution in [1.29, 1.82) is 0 Å². The standard InChI is InChI=1S/C15H19N5O/c1-2-4-13(21)20-8-3-5-11(9-20)19-15-12-6-7-16-14(12)17-10-18-15/h2,4,6-7,10-11H,3,5,8-9H2,1H3,(H2,16,17,18,19). The number of hydrogen-bond acceptors (Lipinski definition) is 4. The smallest absolute Gasteiger partial charge is 0.246 e. The Bertz CT molecular complexity index is 663. The molecule has 1 unspecified atom stereocenters. The van der Waals surface area contributed by atoms with Gasteiger partial charge in [0.25, 0.3) is 0 Å². The molecule has 3 heterocycles. The quantitative estimate of drug-likeness (QED) is 0.845. The topological polar surface area (TPSA) is 73.9 Å². The van der Waals surface area contributed by atoms with Crippen LogP contribution < -0.4 is 5.32 Å². The maximum atomic E-state index is 11.9. The van der Waals surface area contributed by atoms with E-state index in [0.29, 0.717) is 6.54 Å². The van der Waals surface area contributed by atoms with Gasteiger partial charge in [-0.1, -0.05) is 6.08 Å². The van der Waals surface area contributed by atoms with E-state index in [0.717, 1.165) is 36.2 Å². The van der Waals surface area contributed by atoms with Crippen LogP contribution in [0.5, 0.6) is 0 Å². The summed E-state index contributed by atoms with van der Waals surface area (Å²) >= 11 is 0. The Labute approximate surface area is 123 Å². The Morgan fingerprint density at radius 3 is 3.29 bits per heavy atom. The van der Waals surface area contributed by atoms with Gasteiger partial charge in [0.05, 0.1) is 5.39 Å². The van der Waals surface area contributed by atoms with Gasteiger partial charge in [-0.05, 0) is 31.9 Å². The molecule has 1 amide bonds. The Morgan fingerprint density at radius 1 is 1.52 bits per heavy atom. The molecule has 0 radical (unpaired) electrons. The Morgan fingerprint density at radius 2 is 2.43 bits per heavy atom. The van der Waals surface area contributed by atoms with Crippen molar-refractivity contribution in [2.75, 3.05) is 18.4 Å². The molecule has 0 saturated carbocycles. The second kappa shape index (κ2) is 5.95. The van der Waals surface area contributed by atoms with Crippen LogP contribution in [0.2, 0.25) is 0 Å². The molecule has 1 atom stereocenters. The molecule has 1 aliphatic rings. The lowest BCUT2D eigenvalue weighted by Crippen LogP contribution is -2.44. The summed E-state index contributed by atoms with van der Waals surface area (Å²) in [5, 5.41) is 4.43. The molecule has 2 aromatic rings. The van der Waals surface area contributed by atoms with Gasteiger partial charge in [-0.15, -0.1) is 0 Å². The van der Waals surface area contributed by atoms with Crippen molar-refractivity contribution in [2.24, 2.45) is 0 Å². The predicted octanol–water partition coefficient (Wildman–Crippen LogP) is 1.94. The summed E-state index contributed by atoms with van der Waals surface area (Å²) in [5.41, 5.74) is 0.824. The SMILES string of the molecule is CC=CC(=O)N1CCCC(Nc2ncnc3[nH]ccc23)C1. The number of nitrogens with one attached hydrogen (secondary N) is 2. The predicted molar refractivity (Wildman–Crippen MR) is 81.9 cm³/mol. The second-order valence-corrected chi connectivity index (χ2v) is 5.23. The number of carbonyl (C=O) groups excluding carboxylic acids is 1. The average molecular weight is 285 g/mol. The van der Waals surface area contributed by atoms with E-state index in [9.17, 15) is 4.79 Å². The first-order valence-electron chi connectivity index (χ1n) is 7.24. The van der Waals surface area contributed by atoms with Crippen molar-refractivity contribution in [3.63, 3.8) is 0 Å². The van der Waals surface area contributed by atoms with E-state index in [-0.39, 0.29) is 11.9 Å². The molecule has 3 rings (SSSR count). The molecule has 1 aliphatic heterocycles. The third kappa shape index (κ3) is 2.89. The zero-order valence-corrected chi connectivity index (χ0v) is 12.0. The van der Waals surface area contributed by atoms with Crippen LogP contribution in [0.4, 0.5) is 5.82 Å². The van der Waals surface area contributed by atoms with Crippen LogP contribution in [0.3, 0.4) is 0 Å². The van der Waals surface area contributed by atoms with Gasteiger partial charge in [0.15, 0.2) is 0 Å². The van der Waals surface area contributed by atoms with E-state index in [4.69, 9.17) is 0 Å². The minimum atomic E-state index is 0.0819. The molecule has 6 heteroatoms. The van der Waals surface area contributed by atoms with E-state index >= 15 is 0 Å². The molecular formula is C15H19N5O. The van der Waals surface area contributed by atoms with Crippen LogP contribution >= 0.6 is 0 Å². The Kier molecular flexibility index (Phi) is 3.85. The summed E-state index contributed by atoms with van der Waals surface area (Å²) < 4.78 is 0. The van der Waals surface area contributed by atoms with Crippen LogP contribution in [0.1, 0.15) is 19.8 Å². The van der Waals surface area contributed by atoms with Gasteiger partial charge in [-0.2, -0.15) is 0 Å². The molecule has 1 fully saturated rings. The van der Waals surface area contributed by atoms with Gasteiger partial charge in [-0.3, -0.25) is 4.79 Å². The summed E-state index contributed by atoms with van der Waals surface area (Å²) in [6.45, 7) is 3.39. The van der Waals surface area contributed by atoms with Crippen LogP contribution in [-0.4, -0.2) is 44.9 Å². The number of nitrogens with zero attached hydrogens (tertiary/aromatic N) is 3. The summed E-state index contributed by atoms with van der Waals surface area (Å²) in [6, 6.07) is 2.18. The highest BCUT2D eigenvalue weighted by molar-refractivity contribution is 5.88. The fourth-order valence-corrected chi connectivity index (χ4v) is 2.72. The van der Waals surface area contributed by atoms with Crippen molar-refractivity contribution in [1.82, 2.24) is 19.9 Å². The first kappa shape index (κ1) is 13.6. The van der Waals surface area contributed by atoms with Crippen molar-refractivity contribution in [3.8, 4) is 0 Å². The lowest BCUT2D eigenvalue weighted by atomic mass is 10.1. The number of rotatable bonds is 3. The number of piperidine rings is 1. The Hall–Kier alpha value is -2.37. The third-order valence-electron chi connectivity index (χ3n) is 3.74. The molecule has 1 saturated heterocycles. The van der Waals surface area contributed by atoms with Crippen molar-refractivity contribution < 1.29 is 4.79 Å². The van der Waals surface area contributed by atoms with Gasteiger partial charge in [-0.25, -0.2) is 9.97 Å². The lowest BCUT2D eigenvalue weighted by molar-refractivity contribution is -0.127. The average Bonchev–Trinajstić information content (AvgIpc) is 2.97. The van der Waals surface area contributed by atoms with Crippen LogP contribution in [0.15, 0.2) is 30.7 Å². The number of aromatic nitrogens is 3. The van der Waals surface area contributed by atoms with Crippen molar-refractivity contribution in [2.45, 2.75) is 25.8 Å². The van der Waals surface area contributed by atoms with Crippen LogP contribution in [0.25, 0.3) is 11.0 Å². The molecule has 0 spiro atoms. The summed E-state index contributed by atoms with van der Waals surface area (Å²) in [5.74, 6) is 0.907. The first-order chi connectivity index (χ1) is 10.3. The molecule has 110 valence electrons. The molecule has 2 aromatic heterocycles. The number of allylic oxidation sites excluding steroid dienone is 1. The zero-order chi connectivity index (χ0) is 14.7. The van der Waals surface area contributed by atoms with E-state index in [1.54, 1.807) is 18.5 Å². The Balaban J connectivity index is 1.72. The molecule has 0 aliphatic carbocycles. The largest absolute Gasteiger partial charge is 0.365 e. The molecule has 21 heavy (non-hydrogen) atoms. The lowest BCUT2D eigenvalue weighted by Gasteiger charge is -2.32.